The molecule has 1 aliphatic rings. The largest absolute Gasteiger partial charge is 0.364 e. The van der Waals surface area contributed by atoms with Crippen molar-refractivity contribution in [2.75, 3.05) is 38.6 Å². The molecular formula is C16H27N3. The maximum atomic E-state index is 3.29. The fourth-order valence-corrected chi connectivity index (χ4v) is 3.05. The minimum Gasteiger partial charge on any atom is -0.364 e. The summed E-state index contributed by atoms with van der Waals surface area (Å²) in [5.74, 6) is 0. The van der Waals surface area contributed by atoms with E-state index in [2.05, 4.69) is 59.4 Å². The van der Waals surface area contributed by atoms with Crippen molar-refractivity contribution in [1.29, 1.82) is 0 Å². The lowest BCUT2D eigenvalue weighted by Crippen LogP contribution is -2.45. The number of rotatable bonds is 4. The van der Waals surface area contributed by atoms with Gasteiger partial charge in [0.15, 0.2) is 0 Å². The van der Waals surface area contributed by atoms with E-state index in [-0.39, 0.29) is 0 Å². The van der Waals surface area contributed by atoms with Crippen LogP contribution in [0.15, 0.2) is 30.3 Å². The zero-order valence-corrected chi connectivity index (χ0v) is 12.5. The highest BCUT2D eigenvalue weighted by atomic mass is 15.3. The summed E-state index contributed by atoms with van der Waals surface area (Å²) < 4.78 is 0. The first-order valence-electron chi connectivity index (χ1n) is 7.39. The quantitative estimate of drug-likeness (QED) is 0.896. The molecule has 2 rings (SSSR count). The van der Waals surface area contributed by atoms with E-state index in [0.29, 0.717) is 12.1 Å². The smallest absolute Gasteiger partial charge is 0.0432 e. The summed E-state index contributed by atoms with van der Waals surface area (Å²) in [4.78, 5) is 5.10. The average Bonchev–Trinajstić information content (AvgIpc) is 2.57. The Labute approximate surface area is 117 Å². The highest BCUT2D eigenvalue weighted by Crippen LogP contribution is 2.25. The van der Waals surface area contributed by atoms with Crippen LogP contribution in [0.1, 0.15) is 19.8 Å². The van der Waals surface area contributed by atoms with Crippen LogP contribution in [0.25, 0.3) is 0 Å². The van der Waals surface area contributed by atoms with E-state index in [9.17, 15) is 0 Å². The Bertz CT molecular complexity index is 366. The molecular weight excluding hydrogens is 234 g/mol. The third-order valence-electron chi connectivity index (χ3n) is 4.10. The maximum absolute atomic E-state index is 3.29. The number of hydrogen-bond acceptors (Lipinski definition) is 3. The number of hydrogen-bond donors (Lipinski definition) is 1. The van der Waals surface area contributed by atoms with E-state index in [1.807, 2.05) is 7.05 Å². The minimum atomic E-state index is 0.595. The molecule has 0 spiro atoms. The lowest BCUT2D eigenvalue weighted by molar-refractivity contribution is 0.324. The van der Waals surface area contributed by atoms with Gasteiger partial charge in [0.05, 0.1) is 0 Å². The molecule has 1 fully saturated rings. The molecule has 0 radical (unpaired) electrons. The van der Waals surface area contributed by atoms with Crippen LogP contribution >= 0.6 is 0 Å². The second-order valence-corrected chi connectivity index (χ2v) is 5.69. The molecule has 0 aromatic heterocycles. The number of nitrogens with zero attached hydrogens (tertiary/aromatic N) is 2. The van der Waals surface area contributed by atoms with E-state index in [4.69, 9.17) is 0 Å². The summed E-state index contributed by atoms with van der Waals surface area (Å²) in [5, 5.41) is 3.29. The maximum Gasteiger partial charge on any atom is 0.0432 e. The number of anilines is 1. The van der Waals surface area contributed by atoms with Gasteiger partial charge in [-0.15, -0.1) is 0 Å². The van der Waals surface area contributed by atoms with Crippen LogP contribution in [0, 0.1) is 0 Å². The molecule has 2 atom stereocenters. The van der Waals surface area contributed by atoms with Gasteiger partial charge < -0.3 is 15.1 Å². The molecule has 1 aromatic rings. The van der Waals surface area contributed by atoms with E-state index in [1.165, 1.54) is 25.1 Å². The summed E-state index contributed by atoms with van der Waals surface area (Å²) in [5.41, 5.74) is 1.37. The normalized spacial score (nSPS) is 25.3. The Hall–Kier alpha value is -1.06. The Kier molecular flexibility index (Phi) is 5.23. The fourth-order valence-electron chi connectivity index (χ4n) is 3.05. The molecule has 1 aromatic carbocycles. The van der Waals surface area contributed by atoms with Crippen LogP contribution in [0.2, 0.25) is 0 Å². The van der Waals surface area contributed by atoms with Gasteiger partial charge in [0, 0.05) is 24.3 Å². The lowest BCUT2D eigenvalue weighted by Gasteiger charge is -2.37. The molecule has 106 valence electrons. The monoisotopic (exact) mass is 261 g/mol. The Morgan fingerprint density at radius 2 is 2.00 bits per heavy atom. The average molecular weight is 261 g/mol. The lowest BCUT2D eigenvalue weighted by atomic mass is 10.1. The summed E-state index contributed by atoms with van der Waals surface area (Å²) in [6.45, 7) is 5.79. The van der Waals surface area contributed by atoms with E-state index < -0.39 is 0 Å². The summed E-state index contributed by atoms with van der Waals surface area (Å²) >= 11 is 0. The summed E-state index contributed by atoms with van der Waals surface area (Å²) in [7, 11) is 4.28. The number of likely N-dealkylation sites (N-methyl/N-ethyl adjacent to an activating group) is 1. The predicted molar refractivity (Wildman–Crippen MR) is 82.8 cm³/mol. The van der Waals surface area contributed by atoms with E-state index >= 15 is 0 Å². The third kappa shape index (κ3) is 3.71. The Balaban J connectivity index is 2.21. The van der Waals surface area contributed by atoms with Gasteiger partial charge in [-0.2, -0.15) is 0 Å². The van der Waals surface area contributed by atoms with Crippen molar-refractivity contribution in [3.05, 3.63) is 30.3 Å². The number of para-hydroxylation sites is 1. The Morgan fingerprint density at radius 1 is 1.26 bits per heavy atom. The topological polar surface area (TPSA) is 18.5 Å². The first-order valence-corrected chi connectivity index (χ1v) is 7.39. The van der Waals surface area contributed by atoms with Crippen LogP contribution < -0.4 is 10.2 Å². The molecule has 0 amide bonds. The molecule has 19 heavy (non-hydrogen) atoms. The molecule has 2 unspecified atom stereocenters. The van der Waals surface area contributed by atoms with Crippen molar-refractivity contribution in [3.8, 4) is 0 Å². The zero-order valence-electron chi connectivity index (χ0n) is 12.5. The standard InChI is InChI=1S/C16H27N3/c1-14-10-12-18(3)13-16(9-11-17-2)19(14)15-7-5-4-6-8-15/h4-8,14,16-17H,9-13H2,1-3H3. The number of benzene rings is 1. The highest BCUT2D eigenvalue weighted by Gasteiger charge is 2.27. The first-order chi connectivity index (χ1) is 9.22. The van der Waals surface area contributed by atoms with Crippen molar-refractivity contribution < 1.29 is 0 Å². The number of nitrogens with one attached hydrogen (secondary N) is 1. The molecule has 0 bridgehead atoms. The molecule has 1 saturated heterocycles. The molecule has 1 aliphatic heterocycles. The second-order valence-electron chi connectivity index (χ2n) is 5.69. The van der Waals surface area contributed by atoms with E-state index in [0.717, 1.165) is 13.1 Å². The van der Waals surface area contributed by atoms with Gasteiger partial charge >= 0.3 is 0 Å². The summed E-state index contributed by atoms with van der Waals surface area (Å²) in [6.07, 6.45) is 2.43. The zero-order chi connectivity index (χ0) is 13.7. The van der Waals surface area contributed by atoms with Gasteiger partial charge in [-0.3, -0.25) is 0 Å². The first kappa shape index (κ1) is 14.4. The highest BCUT2D eigenvalue weighted by molar-refractivity contribution is 5.48. The SMILES string of the molecule is CNCCC1CN(C)CCC(C)N1c1ccccc1. The second kappa shape index (κ2) is 6.92. The molecule has 0 saturated carbocycles. The Morgan fingerprint density at radius 3 is 2.68 bits per heavy atom. The van der Waals surface area contributed by atoms with Crippen LogP contribution in [-0.4, -0.2) is 50.7 Å². The molecule has 1 N–H and O–H groups in total. The molecule has 0 aliphatic carbocycles. The van der Waals surface area contributed by atoms with Crippen LogP contribution in [-0.2, 0) is 0 Å². The van der Waals surface area contributed by atoms with Gasteiger partial charge in [0.2, 0.25) is 0 Å². The molecule has 1 heterocycles. The summed E-state index contributed by atoms with van der Waals surface area (Å²) in [6, 6.07) is 12.1. The van der Waals surface area contributed by atoms with Crippen molar-refractivity contribution in [2.45, 2.75) is 31.8 Å². The van der Waals surface area contributed by atoms with E-state index in [1.54, 1.807) is 0 Å². The third-order valence-corrected chi connectivity index (χ3v) is 4.10. The van der Waals surface area contributed by atoms with Gasteiger partial charge in [-0.25, -0.2) is 0 Å². The van der Waals surface area contributed by atoms with Gasteiger partial charge in [0.1, 0.15) is 0 Å². The minimum absolute atomic E-state index is 0.595. The predicted octanol–water partition coefficient (Wildman–Crippen LogP) is 2.20. The van der Waals surface area contributed by atoms with Gasteiger partial charge in [-0.05, 0) is 59.1 Å². The van der Waals surface area contributed by atoms with Gasteiger partial charge in [0.25, 0.3) is 0 Å². The fraction of sp³-hybridized carbons (Fsp3) is 0.625. The van der Waals surface area contributed by atoms with Crippen molar-refractivity contribution in [2.24, 2.45) is 0 Å². The van der Waals surface area contributed by atoms with Crippen molar-refractivity contribution in [3.63, 3.8) is 0 Å². The van der Waals surface area contributed by atoms with Crippen molar-refractivity contribution >= 4 is 5.69 Å². The molecule has 3 heteroatoms. The van der Waals surface area contributed by atoms with Crippen molar-refractivity contribution in [1.82, 2.24) is 10.2 Å². The van der Waals surface area contributed by atoms with Crippen LogP contribution in [0.5, 0.6) is 0 Å². The van der Waals surface area contributed by atoms with Gasteiger partial charge in [-0.1, -0.05) is 18.2 Å². The van der Waals surface area contributed by atoms with Crippen LogP contribution in [0.4, 0.5) is 5.69 Å². The molecule has 3 nitrogen and oxygen atoms in total. The van der Waals surface area contributed by atoms with Crippen LogP contribution in [0.3, 0.4) is 0 Å².